The normalized spacial score (nSPS) is 15.3. The topological polar surface area (TPSA) is 42.4 Å². The van der Waals surface area contributed by atoms with Gasteiger partial charge in [0.15, 0.2) is 0 Å². The summed E-state index contributed by atoms with van der Waals surface area (Å²) < 4.78 is 5.11. The Hall–Kier alpha value is -0.450. The van der Waals surface area contributed by atoms with Gasteiger partial charge in [-0.1, -0.05) is 0 Å². The summed E-state index contributed by atoms with van der Waals surface area (Å²) in [5, 5.41) is 10.8. The standard InChI is InChI=1S/C11H19NO2S/c1-7(14-4)5-10(13)6-11-12-8(2)9(3)15-11/h7,10,13H,5-6H2,1-4H3. The number of nitrogens with zero attached hydrogens (tertiary/aromatic N) is 1. The van der Waals surface area contributed by atoms with Crippen molar-refractivity contribution in [3.63, 3.8) is 0 Å². The number of hydrogen-bond donors (Lipinski definition) is 1. The van der Waals surface area contributed by atoms with E-state index in [-0.39, 0.29) is 12.2 Å². The largest absolute Gasteiger partial charge is 0.393 e. The van der Waals surface area contributed by atoms with Crippen LogP contribution in [0.3, 0.4) is 0 Å². The van der Waals surface area contributed by atoms with Crippen molar-refractivity contribution in [2.45, 2.75) is 45.8 Å². The predicted molar refractivity (Wildman–Crippen MR) is 62.4 cm³/mol. The summed E-state index contributed by atoms with van der Waals surface area (Å²) in [6.45, 7) is 6.02. The third-order valence-electron chi connectivity index (χ3n) is 2.49. The Morgan fingerprint density at radius 3 is 2.60 bits per heavy atom. The molecule has 0 saturated heterocycles. The van der Waals surface area contributed by atoms with Gasteiger partial charge in [0.05, 0.1) is 22.9 Å². The number of aryl methyl sites for hydroxylation is 2. The molecule has 0 aromatic carbocycles. The van der Waals surface area contributed by atoms with E-state index in [4.69, 9.17) is 4.74 Å². The third-order valence-corrected chi connectivity index (χ3v) is 3.58. The van der Waals surface area contributed by atoms with Gasteiger partial charge < -0.3 is 9.84 Å². The van der Waals surface area contributed by atoms with Crippen LogP contribution in [0.2, 0.25) is 0 Å². The Kier molecular flexibility index (Phi) is 4.70. The van der Waals surface area contributed by atoms with E-state index in [1.165, 1.54) is 4.88 Å². The summed E-state index contributed by atoms with van der Waals surface area (Å²) in [6.07, 6.45) is 1.04. The highest BCUT2D eigenvalue weighted by molar-refractivity contribution is 7.11. The molecular weight excluding hydrogens is 210 g/mol. The van der Waals surface area contributed by atoms with Crippen LogP contribution in [0.4, 0.5) is 0 Å². The Bertz CT molecular complexity index is 292. The van der Waals surface area contributed by atoms with Crippen LogP contribution in [0.5, 0.6) is 0 Å². The molecule has 0 spiro atoms. The molecule has 2 atom stereocenters. The van der Waals surface area contributed by atoms with Gasteiger partial charge in [-0.3, -0.25) is 0 Å². The molecule has 3 nitrogen and oxygen atoms in total. The minimum absolute atomic E-state index is 0.0992. The summed E-state index contributed by atoms with van der Waals surface area (Å²) in [4.78, 5) is 5.63. The first kappa shape index (κ1) is 12.6. The van der Waals surface area contributed by atoms with Gasteiger partial charge in [-0.2, -0.15) is 0 Å². The molecule has 0 bridgehead atoms. The fourth-order valence-corrected chi connectivity index (χ4v) is 2.40. The van der Waals surface area contributed by atoms with Gasteiger partial charge in [0.1, 0.15) is 0 Å². The van der Waals surface area contributed by atoms with Crippen molar-refractivity contribution < 1.29 is 9.84 Å². The summed E-state index contributed by atoms with van der Waals surface area (Å²) in [5.41, 5.74) is 1.07. The highest BCUT2D eigenvalue weighted by atomic mass is 32.1. The molecule has 0 fully saturated rings. The van der Waals surface area contributed by atoms with E-state index in [9.17, 15) is 5.11 Å². The molecule has 15 heavy (non-hydrogen) atoms. The average Bonchev–Trinajstić information content (AvgIpc) is 2.45. The first-order chi connectivity index (χ1) is 7.02. The molecule has 1 N–H and O–H groups in total. The van der Waals surface area contributed by atoms with Crippen LogP contribution in [-0.2, 0) is 11.2 Å². The Morgan fingerprint density at radius 1 is 1.47 bits per heavy atom. The monoisotopic (exact) mass is 229 g/mol. The molecular formula is C11H19NO2S. The molecule has 1 aromatic rings. The van der Waals surface area contributed by atoms with Crippen LogP contribution in [0.25, 0.3) is 0 Å². The summed E-state index contributed by atoms with van der Waals surface area (Å²) in [5.74, 6) is 0. The summed E-state index contributed by atoms with van der Waals surface area (Å²) in [7, 11) is 1.66. The van der Waals surface area contributed by atoms with Crippen molar-refractivity contribution in [1.82, 2.24) is 4.98 Å². The van der Waals surface area contributed by atoms with Crippen LogP contribution in [-0.4, -0.2) is 29.4 Å². The predicted octanol–water partition coefficient (Wildman–Crippen LogP) is 2.09. The Balaban J connectivity index is 2.47. The minimum atomic E-state index is -0.357. The zero-order valence-electron chi connectivity index (χ0n) is 9.78. The number of rotatable bonds is 5. The maximum atomic E-state index is 9.79. The second-order valence-corrected chi connectivity index (χ2v) is 5.18. The van der Waals surface area contributed by atoms with Gasteiger partial charge in [0, 0.05) is 18.4 Å². The highest BCUT2D eigenvalue weighted by Gasteiger charge is 2.13. The molecule has 0 saturated carbocycles. The number of hydrogen-bond acceptors (Lipinski definition) is 4. The molecule has 86 valence electrons. The van der Waals surface area contributed by atoms with E-state index in [1.807, 2.05) is 13.8 Å². The maximum absolute atomic E-state index is 9.79. The summed E-state index contributed by atoms with van der Waals surface area (Å²) in [6, 6.07) is 0. The van der Waals surface area contributed by atoms with E-state index in [0.29, 0.717) is 12.8 Å². The number of methoxy groups -OCH3 is 1. The fourth-order valence-electron chi connectivity index (χ4n) is 1.39. The maximum Gasteiger partial charge on any atom is 0.0956 e. The number of aliphatic hydroxyl groups excluding tert-OH is 1. The second-order valence-electron chi connectivity index (χ2n) is 3.89. The van der Waals surface area contributed by atoms with E-state index in [0.717, 1.165) is 10.7 Å². The van der Waals surface area contributed by atoms with Gasteiger partial charge in [0.25, 0.3) is 0 Å². The van der Waals surface area contributed by atoms with Crippen molar-refractivity contribution >= 4 is 11.3 Å². The van der Waals surface area contributed by atoms with Crippen molar-refractivity contribution in [3.8, 4) is 0 Å². The molecule has 4 heteroatoms. The number of ether oxygens (including phenoxy) is 1. The van der Waals surface area contributed by atoms with Gasteiger partial charge in [-0.25, -0.2) is 4.98 Å². The van der Waals surface area contributed by atoms with Crippen molar-refractivity contribution in [3.05, 3.63) is 15.6 Å². The second kappa shape index (κ2) is 5.58. The number of aliphatic hydroxyl groups is 1. The Labute approximate surface area is 95.1 Å². The zero-order valence-corrected chi connectivity index (χ0v) is 10.6. The van der Waals surface area contributed by atoms with E-state index in [1.54, 1.807) is 18.4 Å². The molecule has 0 aliphatic rings. The lowest BCUT2D eigenvalue weighted by Gasteiger charge is -2.13. The zero-order chi connectivity index (χ0) is 11.4. The number of thiazole rings is 1. The highest BCUT2D eigenvalue weighted by Crippen LogP contribution is 2.19. The molecule has 0 aliphatic heterocycles. The van der Waals surface area contributed by atoms with Crippen molar-refractivity contribution in [2.75, 3.05) is 7.11 Å². The lowest BCUT2D eigenvalue weighted by atomic mass is 10.1. The lowest BCUT2D eigenvalue weighted by Crippen LogP contribution is -2.18. The smallest absolute Gasteiger partial charge is 0.0956 e. The molecule has 0 amide bonds. The van der Waals surface area contributed by atoms with Gasteiger partial charge >= 0.3 is 0 Å². The van der Waals surface area contributed by atoms with Crippen LogP contribution < -0.4 is 0 Å². The van der Waals surface area contributed by atoms with E-state index in [2.05, 4.69) is 11.9 Å². The number of aromatic nitrogens is 1. The van der Waals surface area contributed by atoms with Gasteiger partial charge in [-0.05, 0) is 27.2 Å². The van der Waals surface area contributed by atoms with E-state index < -0.39 is 0 Å². The molecule has 1 heterocycles. The molecule has 0 radical (unpaired) electrons. The fraction of sp³-hybridized carbons (Fsp3) is 0.727. The lowest BCUT2D eigenvalue weighted by molar-refractivity contribution is 0.0565. The molecule has 0 aliphatic carbocycles. The third kappa shape index (κ3) is 3.89. The molecule has 1 aromatic heterocycles. The summed E-state index contributed by atoms with van der Waals surface area (Å²) >= 11 is 1.67. The Morgan fingerprint density at radius 2 is 2.13 bits per heavy atom. The van der Waals surface area contributed by atoms with Crippen molar-refractivity contribution in [2.24, 2.45) is 0 Å². The van der Waals surface area contributed by atoms with Crippen LogP contribution in [0, 0.1) is 13.8 Å². The van der Waals surface area contributed by atoms with Crippen LogP contribution in [0.1, 0.15) is 28.9 Å². The minimum Gasteiger partial charge on any atom is -0.393 e. The first-order valence-electron chi connectivity index (χ1n) is 5.16. The van der Waals surface area contributed by atoms with Gasteiger partial charge in [0.2, 0.25) is 0 Å². The molecule has 2 unspecified atom stereocenters. The van der Waals surface area contributed by atoms with Gasteiger partial charge in [-0.15, -0.1) is 11.3 Å². The first-order valence-corrected chi connectivity index (χ1v) is 5.98. The molecule has 1 rings (SSSR count). The van der Waals surface area contributed by atoms with E-state index >= 15 is 0 Å². The quantitative estimate of drug-likeness (QED) is 0.840. The van der Waals surface area contributed by atoms with Crippen molar-refractivity contribution in [1.29, 1.82) is 0 Å². The average molecular weight is 229 g/mol. The van der Waals surface area contributed by atoms with Crippen LogP contribution >= 0.6 is 11.3 Å². The van der Waals surface area contributed by atoms with Crippen LogP contribution in [0.15, 0.2) is 0 Å². The SMILES string of the molecule is COC(C)CC(O)Cc1nc(C)c(C)s1.